The summed E-state index contributed by atoms with van der Waals surface area (Å²) < 4.78 is 0.822. The van der Waals surface area contributed by atoms with Crippen LogP contribution in [0.15, 0.2) is 77.3 Å². The highest BCUT2D eigenvalue weighted by atomic mass is 79.9. The maximum absolute atomic E-state index is 12.5. The first-order valence-corrected chi connectivity index (χ1v) is 10.5. The van der Waals surface area contributed by atoms with Crippen LogP contribution in [0.4, 0.5) is 5.69 Å². The normalized spacial score (nSPS) is 10.3. The molecular formula is C24H22BrN3O3. The molecule has 0 saturated heterocycles. The monoisotopic (exact) mass is 479 g/mol. The van der Waals surface area contributed by atoms with Crippen LogP contribution in [0.3, 0.4) is 0 Å². The van der Waals surface area contributed by atoms with Crippen LogP contribution in [-0.2, 0) is 0 Å². The molecule has 0 radical (unpaired) electrons. The lowest BCUT2D eigenvalue weighted by Gasteiger charge is -2.11. The minimum absolute atomic E-state index is 0.211. The van der Waals surface area contributed by atoms with E-state index in [0.29, 0.717) is 28.9 Å². The quantitative estimate of drug-likeness (QED) is 0.444. The Balaban J connectivity index is 1.54. The van der Waals surface area contributed by atoms with Crippen molar-refractivity contribution >= 4 is 39.3 Å². The molecule has 0 atom stereocenters. The fourth-order valence-electron chi connectivity index (χ4n) is 2.87. The van der Waals surface area contributed by atoms with Gasteiger partial charge >= 0.3 is 0 Å². The van der Waals surface area contributed by atoms with E-state index in [4.69, 9.17) is 0 Å². The van der Waals surface area contributed by atoms with Gasteiger partial charge in [0.2, 0.25) is 0 Å². The molecule has 0 aliphatic heterocycles. The summed E-state index contributed by atoms with van der Waals surface area (Å²) in [5, 5.41) is 8.39. The number of hydrogen-bond donors (Lipinski definition) is 3. The van der Waals surface area contributed by atoms with Gasteiger partial charge in [0.05, 0.1) is 0 Å². The second kappa shape index (κ2) is 10.5. The van der Waals surface area contributed by atoms with Gasteiger partial charge in [0, 0.05) is 39.9 Å². The number of benzene rings is 3. The zero-order valence-corrected chi connectivity index (χ0v) is 18.5. The highest BCUT2D eigenvalue weighted by Gasteiger charge is 2.12. The molecule has 0 saturated carbocycles. The third-order valence-corrected chi connectivity index (χ3v) is 5.06. The SMILES string of the molecule is Cc1ccc(C(=O)NCCNC(=O)c2cccc(Br)c2)cc1NC(=O)c1ccccc1. The van der Waals surface area contributed by atoms with Crippen LogP contribution in [0.2, 0.25) is 0 Å². The first-order chi connectivity index (χ1) is 14.9. The van der Waals surface area contributed by atoms with Gasteiger partial charge in [-0.15, -0.1) is 0 Å². The van der Waals surface area contributed by atoms with Crippen molar-refractivity contribution in [2.24, 2.45) is 0 Å². The number of hydrogen-bond acceptors (Lipinski definition) is 3. The Hall–Kier alpha value is -3.45. The van der Waals surface area contributed by atoms with Crippen LogP contribution >= 0.6 is 15.9 Å². The molecular weight excluding hydrogens is 458 g/mol. The standard InChI is InChI=1S/C24H22BrN3O3/c1-16-10-11-19(15-21(16)28-24(31)17-6-3-2-4-7-17)23(30)27-13-12-26-22(29)18-8-5-9-20(25)14-18/h2-11,14-15H,12-13H2,1H3,(H,26,29)(H,27,30)(H,28,31). The lowest BCUT2D eigenvalue weighted by molar-refractivity contribution is 0.0927. The van der Waals surface area contributed by atoms with E-state index in [-0.39, 0.29) is 24.3 Å². The number of rotatable bonds is 7. The molecule has 6 nitrogen and oxygen atoms in total. The Morgan fingerprint density at radius 3 is 1.97 bits per heavy atom. The molecule has 3 N–H and O–H groups in total. The highest BCUT2D eigenvalue weighted by Crippen LogP contribution is 2.18. The maximum Gasteiger partial charge on any atom is 0.255 e. The van der Waals surface area contributed by atoms with Crippen LogP contribution in [0.1, 0.15) is 36.6 Å². The number of carbonyl (C=O) groups excluding carboxylic acids is 3. The predicted molar refractivity (Wildman–Crippen MR) is 124 cm³/mol. The Morgan fingerprint density at radius 2 is 1.32 bits per heavy atom. The lowest BCUT2D eigenvalue weighted by Crippen LogP contribution is -2.34. The molecule has 0 unspecified atom stereocenters. The number of nitrogens with one attached hydrogen (secondary N) is 3. The molecule has 31 heavy (non-hydrogen) atoms. The summed E-state index contributed by atoms with van der Waals surface area (Å²) in [6.45, 7) is 2.43. The van der Waals surface area contributed by atoms with Crippen molar-refractivity contribution in [3.05, 3.63) is 99.5 Å². The molecule has 3 rings (SSSR count). The van der Waals surface area contributed by atoms with Gasteiger partial charge < -0.3 is 16.0 Å². The topological polar surface area (TPSA) is 87.3 Å². The van der Waals surface area contributed by atoms with E-state index < -0.39 is 0 Å². The fraction of sp³-hybridized carbons (Fsp3) is 0.125. The number of amides is 3. The maximum atomic E-state index is 12.5. The first-order valence-electron chi connectivity index (χ1n) is 9.73. The smallest absolute Gasteiger partial charge is 0.255 e. The average Bonchev–Trinajstić information content (AvgIpc) is 2.78. The van der Waals surface area contributed by atoms with Crippen LogP contribution in [-0.4, -0.2) is 30.8 Å². The van der Waals surface area contributed by atoms with E-state index in [0.717, 1.165) is 10.0 Å². The first kappa shape index (κ1) is 22.2. The van der Waals surface area contributed by atoms with Gasteiger partial charge in [0.25, 0.3) is 17.7 Å². The zero-order chi connectivity index (χ0) is 22.2. The van der Waals surface area contributed by atoms with Crippen molar-refractivity contribution in [1.29, 1.82) is 0 Å². The molecule has 158 valence electrons. The summed E-state index contributed by atoms with van der Waals surface area (Å²) in [6.07, 6.45) is 0. The third-order valence-electron chi connectivity index (χ3n) is 4.57. The second-order valence-corrected chi connectivity index (χ2v) is 7.79. The van der Waals surface area contributed by atoms with E-state index in [1.165, 1.54) is 0 Å². The molecule has 0 bridgehead atoms. The van der Waals surface area contributed by atoms with Gasteiger partial charge in [-0.2, -0.15) is 0 Å². The second-order valence-electron chi connectivity index (χ2n) is 6.87. The summed E-state index contributed by atoms with van der Waals surface area (Å²) in [5.74, 6) is -0.736. The van der Waals surface area contributed by atoms with Gasteiger partial charge in [0.15, 0.2) is 0 Å². The Kier molecular flexibility index (Phi) is 7.56. The van der Waals surface area contributed by atoms with Crippen molar-refractivity contribution in [3.8, 4) is 0 Å². The Bertz CT molecular complexity index is 1100. The van der Waals surface area contributed by atoms with Crippen molar-refractivity contribution in [3.63, 3.8) is 0 Å². The number of aryl methyl sites for hydroxylation is 1. The summed E-state index contributed by atoms with van der Waals surface area (Å²) in [6, 6.07) is 21.1. The van der Waals surface area contributed by atoms with Crippen LogP contribution < -0.4 is 16.0 Å². The van der Waals surface area contributed by atoms with Gasteiger partial charge in [-0.05, 0) is 55.0 Å². The number of anilines is 1. The summed E-state index contributed by atoms with van der Waals surface area (Å²) in [5.41, 5.74) is 2.93. The molecule has 0 fully saturated rings. The number of halogens is 1. The zero-order valence-electron chi connectivity index (χ0n) is 16.9. The fourth-order valence-corrected chi connectivity index (χ4v) is 3.27. The lowest BCUT2D eigenvalue weighted by atomic mass is 10.1. The molecule has 3 aromatic carbocycles. The predicted octanol–water partition coefficient (Wildman–Crippen LogP) is 4.17. The van der Waals surface area contributed by atoms with Crippen LogP contribution in [0.5, 0.6) is 0 Å². The molecule has 3 amide bonds. The van der Waals surface area contributed by atoms with Gasteiger partial charge in [-0.25, -0.2) is 0 Å². The molecule has 0 aliphatic rings. The van der Waals surface area contributed by atoms with E-state index in [9.17, 15) is 14.4 Å². The summed E-state index contributed by atoms with van der Waals surface area (Å²) >= 11 is 3.33. The third kappa shape index (κ3) is 6.26. The summed E-state index contributed by atoms with van der Waals surface area (Å²) in [7, 11) is 0. The largest absolute Gasteiger partial charge is 0.350 e. The van der Waals surface area contributed by atoms with Crippen LogP contribution in [0, 0.1) is 6.92 Å². The summed E-state index contributed by atoms with van der Waals surface area (Å²) in [4.78, 5) is 37.0. The minimum Gasteiger partial charge on any atom is -0.350 e. The molecule has 7 heteroatoms. The van der Waals surface area contributed by atoms with E-state index in [1.54, 1.807) is 60.7 Å². The van der Waals surface area contributed by atoms with Crippen molar-refractivity contribution in [2.75, 3.05) is 18.4 Å². The average molecular weight is 480 g/mol. The Morgan fingerprint density at radius 1 is 0.710 bits per heavy atom. The molecule has 0 spiro atoms. The molecule has 0 aromatic heterocycles. The molecule has 0 aliphatic carbocycles. The van der Waals surface area contributed by atoms with Crippen molar-refractivity contribution in [2.45, 2.75) is 6.92 Å². The van der Waals surface area contributed by atoms with Gasteiger partial charge in [0.1, 0.15) is 0 Å². The van der Waals surface area contributed by atoms with Crippen molar-refractivity contribution in [1.82, 2.24) is 10.6 Å². The molecule has 0 heterocycles. The van der Waals surface area contributed by atoms with Crippen LogP contribution in [0.25, 0.3) is 0 Å². The Labute approximate surface area is 189 Å². The van der Waals surface area contributed by atoms with Gasteiger partial charge in [-0.3, -0.25) is 14.4 Å². The molecule has 3 aromatic rings. The highest BCUT2D eigenvalue weighted by molar-refractivity contribution is 9.10. The van der Waals surface area contributed by atoms with E-state index >= 15 is 0 Å². The van der Waals surface area contributed by atoms with E-state index in [1.807, 2.05) is 19.1 Å². The minimum atomic E-state index is -0.285. The van der Waals surface area contributed by atoms with Gasteiger partial charge in [-0.1, -0.05) is 46.3 Å². The van der Waals surface area contributed by atoms with E-state index in [2.05, 4.69) is 31.9 Å². The van der Waals surface area contributed by atoms with Crippen molar-refractivity contribution < 1.29 is 14.4 Å². The number of carbonyl (C=O) groups is 3.